The van der Waals surface area contributed by atoms with E-state index in [1.165, 1.54) is 4.90 Å². The number of amides is 1. The number of nitrogens with zero attached hydrogens (tertiary/aromatic N) is 2. The molecule has 0 spiro atoms. The van der Waals surface area contributed by atoms with Crippen molar-refractivity contribution in [3.05, 3.63) is 28.7 Å². The zero-order valence-electron chi connectivity index (χ0n) is 6.99. The van der Waals surface area contributed by atoms with E-state index in [2.05, 4.69) is 15.9 Å². The van der Waals surface area contributed by atoms with Crippen LogP contribution in [-0.2, 0) is 4.79 Å². The van der Waals surface area contributed by atoms with E-state index in [1.54, 1.807) is 25.2 Å². The van der Waals surface area contributed by atoms with Gasteiger partial charge in [0, 0.05) is 17.2 Å². The van der Waals surface area contributed by atoms with Crippen LogP contribution < -0.4 is 4.90 Å². The number of anilines is 1. The number of nitriles is 1. The van der Waals surface area contributed by atoms with Gasteiger partial charge in [0.25, 0.3) is 0 Å². The standard InChI is InChI=1S/C9H7BrN2O/c1-12(9(13)6-11)8-4-2-7(10)3-5-8/h2-5H,1H3. The summed E-state index contributed by atoms with van der Waals surface area (Å²) in [5, 5.41) is 8.37. The number of rotatable bonds is 1. The lowest BCUT2D eigenvalue weighted by Crippen LogP contribution is -2.23. The summed E-state index contributed by atoms with van der Waals surface area (Å²) in [6.07, 6.45) is 0. The van der Waals surface area contributed by atoms with Gasteiger partial charge in [-0.3, -0.25) is 4.79 Å². The third-order valence-electron chi connectivity index (χ3n) is 1.61. The van der Waals surface area contributed by atoms with E-state index in [9.17, 15) is 4.79 Å². The molecule has 1 aromatic carbocycles. The molecule has 0 N–H and O–H groups in total. The highest BCUT2D eigenvalue weighted by Gasteiger charge is 2.08. The quantitative estimate of drug-likeness (QED) is 0.703. The normalized spacial score (nSPS) is 9.00. The van der Waals surface area contributed by atoms with E-state index >= 15 is 0 Å². The third kappa shape index (κ3) is 2.30. The Hall–Kier alpha value is -1.34. The lowest BCUT2D eigenvalue weighted by Gasteiger charge is -2.12. The molecule has 3 nitrogen and oxygen atoms in total. The van der Waals surface area contributed by atoms with Gasteiger partial charge in [0.05, 0.1) is 0 Å². The van der Waals surface area contributed by atoms with Crippen LogP contribution in [0.4, 0.5) is 5.69 Å². The van der Waals surface area contributed by atoms with Crippen LogP contribution in [0.25, 0.3) is 0 Å². The number of halogens is 1. The molecule has 0 aliphatic rings. The van der Waals surface area contributed by atoms with Gasteiger partial charge in [-0.05, 0) is 24.3 Å². The Balaban J connectivity index is 2.91. The summed E-state index contributed by atoms with van der Waals surface area (Å²) in [4.78, 5) is 12.2. The first-order chi connectivity index (χ1) is 6.15. The fraction of sp³-hybridized carbons (Fsp3) is 0.111. The first-order valence-electron chi connectivity index (χ1n) is 3.58. The smallest absolute Gasteiger partial charge is 0.303 e. The fourth-order valence-electron chi connectivity index (χ4n) is 0.857. The van der Waals surface area contributed by atoms with Crippen molar-refractivity contribution in [2.75, 3.05) is 11.9 Å². The minimum atomic E-state index is -0.567. The summed E-state index contributed by atoms with van der Waals surface area (Å²) in [5.41, 5.74) is 0.703. The van der Waals surface area contributed by atoms with Gasteiger partial charge in [0.15, 0.2) is 6.07 Å². The van der Waals surface area contributed by atoms with Gasteiger partial charge in [0.1, 0.15) is 0 Å². The second kappa shape index (κ2) is 4.06. The van der Waals surface area contributed by atoms with Crippen molar-refractivity contribution < 1.29 is 4.79 Å². The largest absolute Gasteiger partial charge is 0.329 e. The number of benzene rings is 1. The van der Waals surface area contributed by atoms with Crippen LogP contribution in [-0.4, -0.2) is 13.0 Å². The lowest BCUT2D eigenvalue weighted by atomic mass is 10.3. The molecule has 0 unspecified atom stereocenters. The van der Waals surface area contributed by atoms with Crippen molar-refractivity contribution in [1.29, 1.82) is 5.26 Å². The van der Waals surface area contributed by atoms with Crippen LogP contribution in [0.2, 0.25) is 0 Å². The molecule has 0 saturated heterocycles. The Bertz CT molecular complexity index is 353. The van der Waals surface area contributed by atoms with Gasteiger partial charge in [-0.2, -0.15) is 5.26 Å². The van der Waals surface area contributed by atoms with Gasteiger partial charge < -0.3 is 4.90 Å². The third-order valence-corrected chi connectivity index (χ3v) is 2.14. The average molecular weight is 239 g/mol. The minimum Gasteiger partial charge on any atom is -0.303 e. The number of carbonyl (C=O) groups is 1. The van der Waals surface area contributed by atoms with E-state index in [-0.39, 0.29) is 0 Å². The molecular weight excluding hydrogens is 232 g/mol. The maximum absolute atomic E-state index is 11.0. The maximum atomic E-state index is 11.0. The molecule has 4 heteroatoms. The fourth-order valence-corrected chi connectivity index (χ4v) is 1.12. The van der Waals surface area contributed by atoms with Crippen molar-refractivity contribution in [3.63, 3.8) is 0 Å². The average Bonchev–Trinajstić information content (AvgIpc) is 2.17. The molecule has 1 rings (SSSR count). The zero-order chi connectivity index (χ0) is 9.84. The van der Waals surface area contributed by atoms with Gasteiger partial charge in [-0.25, -0.2) is 0 Å². The summed E-state index contributed by atoms with van der Waals surface area (Å²) in [7, 11) is 1.56. The van der Waals surface area contributed by atoms with Crippen molar-refractivity contribution in [1.82, 2.24) is 0 Å². The highest BCUT2D eigenvalue weighted by atomic mass is 79.9. The second-order valence-corrected chi connectivity index (χ2v) is 3.37. The van der Waals surface area contributed by atoms with Crippen molar-refractivity contribution in [3.8, 4) is 6.07 Å². The Morgan fingerprint density at radius 1 is 1.46 bits per heavy atom. The zero-order valence-corrected chi connectivity index (χ0v) is 8.58. The molecule has 0 fully saturated rings. The molecule has 0 heterocycles. The Labute approximate surface area is 84.7 Å². The molecule has 0 aliphatic heterocycles. The van der Waals surface area contributed by atoms with E-state index in [1.807, 2.05) is 12.1 Å². The maximum Gasteiger partial charge on any atom is 0.329 e. The first kappa shape index (κ1) is 9.75. The summed E-state index contributed by atoms with van der Waals surface area (Å²) in [6, 6.07) is 8.71. The van der Waals surface area contributed by atoms with E-state index in [4.69, 9.17) is 5.26 Å². The second-order valence-electron chi connectivity index (χ2n) is 2.45. The molecule has 0 bridgehead atoms. The molecule has 0 aromatic heterocycles. The summed E-state index contributed by atoms with van der Waals surface area (Å²) < 4.78 is 0.939. The highest BCUT2D eigenvalue weighted by molar-refractivity contribution is 9.10. The molecule has 1 aromatic rings. The monoisotopic (exact) mass is 238 g/mol. The van der Waals surface area contributed by atoms with E-state index < -0.39 is 5.91 Å². The lowest BCUT2D eigenvalue weighted by molar-refractivity contribution is -0.113. The molecule has 66 valence electrons. The van der Waals surface area contributed by atoms with Crippen LogP contribution in [0.5, 0.6) is 0 Å². The predicted octanol–water partition coefficient (Wildman–Crippen LogP) is 1.94. The van der Waals surface area contributed by atoms with Crippen LogP contribution in [0, 0.1) is 11.3 Å². The van der Waals surface area contributed by atoms with Gasteiger partial charge in [-0.1, -0.05) is 15.9 Å². The predicted molar refractivity (Wildman–Crippen MR) is 53.2 cm³/mol. The number of hydrogen-bond donors (Lipinski definition) is 0. The molecule has 1 amide bonds. The Morgan fingerprint density at radius 3 is 2.46 bits per heavy atom. The number of hydrogen-bond acceptors (Lipinski definition) is 2. The minimum absolute atomic E-state index is 0.567. The molecule has 13 heavy (non-hydrogen) atoms. The van der Waals surface area contributed by atoms with Crippen molar-refractivity contribution in [2.45, 2.75) is 0 Å². The molecule has 0 atom stereocenters. The Morgan fingerprint density at radius 2 is 2.00 bits per heavy atom. The van der Waals surface area contributed by atoms with Gasteiger partial charge in [0.2, 0.25) is 0 Å². The summed E-state index contributed by atoms with van der Waals surface area (Å²) in [5.74, 6) is -0.567. The van der Waals surface area contributed by atoms with E-state index in [0.717, 1.165) is 4.47 Å². The Kier molecular flexibility index (Phi) is 3.04. The highest BCUT2D eigenvalue weighted by Crippen LogP contribution is 2.16. The van der Waals surface area contributed by atoms with Crippen LogP contribution in [0.3, 0.4) is 0 Å². The van der Waals surface area contributed by atoms with Crippen molar-refractivity contribution in [2.24, 2.45) is 0 Å². The summed E-state index contributed by atoms with van der Waals surface area (Å²) >= 11 is 3.28. The molecular formula is C9H7BrN2O. The number of carbonyl (C=O) groups excluding carboxylic acids is 1. The van der Waals surface area contributed by atoms with Crippen LogP contribution in [0.1, 0.15) is 0 Å². The SMILES string of the molecule is CN(C(=O)C#N)c1ccc(Br)cc1. The molecule has 0 aliphatic carbocycles. The van der Waals surface area contributed by atoms with Crippen molar-refractivity contribution >= 4 is 27.5 Å². The van der Waals surface area contributed by atoms with Crippen LogP contribution in [0.15, 0.2) is 28.7 Å². The molecule has 0 saturated carbocycles. The first-order valence-corrected chi connectivity index (χ1v) is 4.38. The van der Waals surface area contributed by atoms with Gasteiger partial charge >= 0.3 is 5.91 Å². The topological polar surface area (TPSA) is 44.1 Å². The van der Waals surface area contributed by atoms with Gasteiger partial charge in [-0.15, -0.1) is 0 Å². The molecule has 0 radical (unpaired) electrons. The van der Waals surface area contributed by atoms with E-state index in [0.29, 0.717) is 5.69 Å². The van der Waals surface area contributed by atoms with Crippen LogP contribution >= 0.6 is 15.9 Å². The summed E-state index contributed by atoms with van der Waals surface area (Å²) in [6.45, 7) is 0.